The third-order valence-electron chi connectivity index (χ3n) is 4.76. The van der Waals surface area contributed by atoms with Gasteiger partial charge in [0, 0.05) is 32.8 Å². The second-order valence-electron chi connectivity index (χ2n) is 6.46. The Morgan fingerprint density at radius 3 is 2.88 bits per heavy atom. The maximum atomic E-state index is 12.3. The zero-order valence-corrected chi connectivity index (χ0v) is 14.1. The normalized spacial score (nSPS) is 21.8. The van der Waals surface area contributed by atoms with Gasteiger partial charge in [0.25, 0.3) is 5.91 Å². The quantitative estimate of drug-likeness (QED) is 0.774. The molecule has 2 aliphatic heterocycles. The van der Waals surface area contributed by atoms with Crippen molar-refractivity contribution in [2.75, 3.05) is 32.8 Å². The maximum Gasteiger partial charge on any atom is 0.289 e. The van der Waals surface area contributed by atoms with Gasteiger partial charge in [0.15, 0.2) is 11.6 Å². The molecule has 0 spiro atoms. The molecule has 2 saturated heterocycles. The number of hydrogen-bond acceptors (Lipinski definition) is 7. The maximum absolute atomic E-state index is 12.3. The Hall–Kier alpha value is -2.26. The summed E-state index contributed by atoms with van der Waals surface area (Å²) >= 11 is 0. The largest absolute Gasteiger partial charge is 0.459 e. The second-order valence-corrected chi connectivity index (χ2v) is 6.46. The van der Waals surface area contributed by atoms with Crippen molar-refractivity contribution in [1.82, 2.24) is 30.0 Å². The smallest absolute Gasteiger partial charge is 0.289 e. The average Bonchev–Trinajstić information content (AvgIpc) is 3.39. The van der Waals surface area contributed by atoms with Crippen LogP contribution in [0.1, 0.15) is 29.2 Å². The fourth-order valence-corrected chi connectivity index (χ4v) is 3.32. The molecule has 1 atom stereocenters. The number of furan rings is 1. The molecule has 0 aromatic carbocycles. The molecule has 134 valence electrons. The Morgan fingerprint density at radius 2 is 2.16 bits per heavy atom. The Morgan fingerprint density at radius 1 is 1.28 bits per heavy atom. The summed E-state index contributed by atoms with van der Waals surface area (Å²) in [5.41, 5.74) is 0. The zero-order valence-electron chi connectivity index (χ0n) is 14.1. The molecule has 1 amide bonds. The van der Waals surface area contributed by atoms with Gasteiger partial charge in [-0.1, -0.05) is 0 Å². The molecule has 4 rings (SSSR count). The number of amides is 1. The van der Waals surface area contributed by atoms with Crippen molar-refractivity contribution in [3.63, 3.8) is 0 Å². The minimum Gasteiger partial charge on any atom is -0.459 e. The van der Waals surface area contributed by atoms with Crippen molar-refractivity contribution in [3.05, 3.63) is 30.0 Å². The molecule has 2 fully saturated rings. The standard InChI is InChI=1S/C16H22N6O3/c23-16(14-4-2-10-25-14)21-7-5-20(6-8-21)12-15-17-18-19-22(15)11-13-3-1-9-24-13/h2,4,10,13H,1,3,5-9,11-12H2. The first-order valence-electron chi connectivity index (χ1n) is 8.71. The van der Waals surface area contributed by atoms with Crippen molar-refractivity contribution in [2.24, 2.45) is 0 Å². The third-order valence-corrected chi connectivity index (χ3v) is 4.76. The molecule has 0 bridgehead atoms. The van der Waals surface area contributed by atoms with Crippen LogP contribution in [0.15, 0.2) is 22.8 Å². The van der Waals surface area contributed by atoms with Crippen LogP contribution in [0.4, 0.5) is 0 Å². The van der Waals surface area contributed by atoms with E-state index in [2.05, 4.69) is 20.4 Å². The van der Waals surface area contributed by atoms with E-state index in [1.165, 1.54) is 6.26 Å². The number of rotatable bonds is 5. The Kier molecular flexibility index (Phi) is 4.75. The van der Waals surface area contributed by atoms with Gasteiger partial charge in [-0.3, -0.25) is 9.69 Å². The van der Waals surface area contributed by atoms with Crippen molar-refractivity contribution in [2.45, 2.75) is 32.0 Å². The highest BCUT2D eigenvalue weighted by molar-refractivity contribution is 5.91. The molecule has 25 heavy (non-hydrogen) atoms. The summed E-state index contributed by atoms with van der Waals surface area (Å²) in [6.07, 6.45) is 3.91. The molecule has 0 radical (unpaired) electrons. The van der Waals surface area contributed by atoms with Gasteiger partial charge in [0.05, 0.1) is 25.5 Å². The average molecular weight is 346 g/mol. The summed E-state index contributed by atoms with van der Waals surface area (Å²) in [6, 6.07) is 3.44. The summed E-state index contributed by atoms with van der Waals surface area (Å²) in [5.74, 6) is 1.20. The molecule has 2 aromatic heterocycles. The number of piperazine rings is 1. The molecule has 2 aromatic rings. The SMILES string of the molecule is O=C(c1ccco1)N1CCN(Cc2nnnn2CC2CCCO2)CC1. The Balaban J connectivity index is 1.30. The van der Waals surface area contributed by atoms with E-state index >= 15 is 0 Å². The van der Waals surface area contributed by atoms with Gasteiger partial charge in [-0.2, -0.15) is 0 Å². The van der Waals surface area contributed by atoms with Crippen molar-refractivity contribution in [3.8, 4) is 0 Å². The van der Waals surface area contributed by atoms with Gasteiger partial charge in [-0.15, -0.1) is 5.10 Å². The van der Waals surface area contributed by atoms with Gasteiger partial charge in [-0.05, 0) is 35.4 Å². The van der Waals surface area contributed by atoms with Crippen LogP contribution >= 0.6 is 0 Å². The predicted molar refractivity (Wildman–Crippen MR) is 86.7 cm³/mol. The van der Waals surface area contributed by atoms with Crippen LogP contribution in [0, 0.1) is 0 Å². The van der Waals surface area contributed by atoms with E-state index in [4.69, 9.17) is 9.15 Å². The third kappa shape index (κ3) is 3.72. The lowest BCUT2D eigenvalue weighted by atomic mass is 10.2. The van der Waals surface area contributed by atoms with E-state index in [0.29, 0.717) is 31.9 Å². The number of tetrazole rings is 1. The van der Waals surface area contributed by atoms with E-state index in [1.807, 2.05) is 9.58 Å². The number of nitrogens with zero attached hydrogens (tertiary/aromatic N) is 6. The van der Waals surface area contributed by atoms with E-state index in [1.54, 1.807) is 12.1 Å². The molecule has 4 heterocycles. The van der Waals surface area contributed by atoms with E-state index in [-0.39, 0.29) is 12.0 Å². The number of carbonyl (C=O) groups excluding carboxylic acids is 1. The van der Waals surface area contributed by atoms with E-state index in [0.717, 1.165) is 38.4 Å². The summed E-state index contributed by atoms with van der Waals surface area (Å²) in [5, 5.41) is 12.1. The van der Waals surface area contributed by atoms with Gasteiger partial charge in [-0.25, -0.2) is 4.68 Å². The first kappa shape index (κ1) is 16.2. The van der Waals surface area contributed by atoms with Crippen LogP contribution in [-0.4, -0.2) is 74.8 Å². The highest BCUT2D eigenvalue weighted by Gasteiger charge is 2.25. The first-order valence-corrected chi connectivity index (χ1v) is 8.71. The van der Waals surface area contributed by atoms with Gasteiger partial charge in [0.1, 0.15) is 0 Å². The van der Waals surface area contributed by atoms with E-state index in [9.17, 15) is 4.79 Å². The van der Waals surface area contributed by atoms with Crippen molar-refractivity contribution in [1.29, 1.82) is 0 Å². The highest BCUT2D eigenvalue weighted by atomic mass is 16.5. The summed E-state index contributed by atoms with van der Waals surface area (Å²) in [4.78, 5) is 16.4. The van der Waals surface area contributed by atoms with Crippen LogP contribution in [0.25, 0.3) is 0 Å². The van der Waals surface area contributed by atoms with Gasteiger partial charge < -0.3 is 14.1 Å². The monoisotopic (exact) mass is 346 g/mol. The Bertz CT molecular complexity index is 687. The molecule has 1 unspecified atom stereocenters. The van der Waals surface area contributed by atoms with Crippen LogP contribution in [0.5, 0.6) is 0 Å². The molecule has 9 heteroatoms. The molecule has 2 aliphatic rings. The minimum absolute atomic E-state index is 0.0483. The summed E-state index contributed by atoms with van der Waals surface area (Å²) in [6.45, 7) is 5.15. The van der Waals surface area contributed by atoms with Crippen LogP contribution in [0.2, 0.25) is 0 Å². The molecular weight excluding hydrogens is 324 g/mol. The predicted octanol–water partition coefficient (Wildman–Crippen LogP) is 0.403. The Labute approximate surface area is 145 Å². The highest BCUT2D eigenvalue weighted by Crippen LogP contribution is 2.15. The lowest BCUT2D eigenvalue weighted by Gasteiger charge is -2.33. The summed E-state index contributed by atoms with van der Waals surface area (Å²) in [7, 11) is 0. The number of aromatic nitrogens is 4. The molecule has 0 N–H and O–H groups in total. The summed E-state index contributed by atoms with van der Waals surface area (Å²) < 4.78 is 12.7. The molecule has 0 saturated carbocycles. The fourth-order valence-electron chi connectivity index (χ4n) is 3.32. The van der Waals surface area contributed by atoms with Crippen LogP contribution < -0.4 is 0 Å². The van der Waals surface area contributed by atoms with Gasteiger partial charge >= 0.3 is 0 Å². The zero-order chi connectivity index (χ0) is 17.1. The number of ether oxygens (including phenoxy) is 1. The van der Waals surface area contributed by atoms with Crippen LogP contribution in [0.3, 0.4) is 0 Å². The topological polar surface area (TPSA) is 89.5 Å². The van der Waals surface area contributed by atoms with Crippen molar-refractivity contribution >= 4 is 5.91 Å². The van der Waals surface area contributed by atoms with Crippen molar-refractivity contribution < 1.29 is 13.9 Å². The molecular formula is C16H22N6O3. The number of hydrogen-bond donors (Lipinski definition) is 0. The lowest BCUT2D eigenvalue weighted by molar-refractivity contribution is 0.0588. The first-order chi connectivity index (χ1) is 12.3. The second kappa shape index (κ2) is 7.32. The lowest BCUT2D eigenvalue weighted by Crippen LogP contribution is -2.48. The minimum atomic E-state index is -0.0483. The van der Waals surface area contributed by atoms with Gasteiger partial charge in [0.2, 0.25) is 0 Å². The van der Waals surface area contributed by atoms with Crippen LogP contribution in [-0.2, 0) is 17.8 Å². The van der Waals surface area contributed by atoms with E-state index < -0.39 is 0 Å². The molecule has 0 aliphatic carbocycles. The molecule has 9 nitrogen and oxygen atoms in total. The fraction of sp³-hybridized carbons (Fsp3) is 0.625. The number of carbonyl (C=O) groups is 1.